The lowest BCUT2D eigenvalue weighted by Crippen LogP contribution is -2.38. The molecule has 2 aromatic carbocycles. The number of amides is 1. The highest BCUT2D eigenvalue weighted by Crippen LogP contribution is 2.29. The molecule has 0 unspecified atom stereocenters. The van der Waals surface area contributed by atoms with Crippen molar-refractivity contribution in [3.05, 3.63) is 48.3 Å². The number of carbonyl (C=O) groups excluding carboxylic acids is 1. The first-order chi connectivity index (χ1) is 13.6. The summed E-state index contributed by atoms with van der Waals surface area (Å²) in [4.78, 5) is 15.6. The first kappa shape index (κ1) is 20.5. The quantitative estimate of drug-likeness (QED) is 0.626. The molecule has 10 heteroatoms. The molecule has 0 bridgehead atoms. The second-order valence-electron chi connectivity index (χ2n) is 6.36. The van der Waals surface area contributed by atoms with Gasteiger partial charge in [0.2, 0.25) is 5.91 Å². The average molecular weight is 408 g/mol. The SMILES string of the molecule is C[C@H](NCc1nc2ccc(Oc3ccc(OC(F)(F)F)cc3)cc2n1C)C(N)=O. The van der Waals surface area contributed by atoms with Gasteiger partial charge >= 0.3 is 6.36 Å². The Bertz CT molecular complexity index is 1020. The molecule has 0 spiro atoms. The van der Waals surface area contributed by atoms with E-state index in [2.05, 4.69) is 15.0 Å². The Labute approximate surface area is 164 Å². The molecular weight excluding hydrogens is 389 g/mol. The number of halogens is 3. The predicted octanol–water partition coefficient (Wildman–Crippen LogP) is 3.23. The number of carbonyl (C=O) groups is 1. The van der Waals surface area contributed by atoms with Crippen LogP contribution in [0.5, 0.6) is 17.2 Å². The van der Waals surface area contributed by atoms with Crippen molar-refractivity contribution >= 4 is 16.9 Å². The van der Waals surface area contributed by atoms with Crippen LogP contribution in [0.1, 0.15) is 12.7 Å². The molecular formula is C19H19F3N4O3. The fourth-order valence-corrected chi connectivity index (χ4v) is 2.63. The molecule has 7 nitrogen and oxygen atoms in total. The van der Waals surface area contributed by atoms with Gasteiger partial charge < -0.3 is 19.8 Å². The number of fused-ring (bicyclic) bond motifs is 1. The second-order valence-corrected chi connectivity index (χ2v) is 6.36. The monoisotopic (exact) mass is 408 g/mol. The fourth-order valence-electron chi connectivity index (χ4n) is 2.63. The highest BCUT2D eigenvalue weighted by molar-refractivity contribution is 5.79. The minimum Gasteiger partial charge on any atom is -0.457 e. The van der Waals surface area contributed by atoms with Gasteiger partial charge in [0.15, 0.2) is 0 Å². The molecule has 0 radical (unpaired) electrons. The molecule has 0 saturated heterocycles. The summed E-state index contributed by atoms with van der Waals surface area (Å²) < 4.78 is 48.1. The van der Waals surface area contributed by atoms with Crippen LogP contribution < -0.4 is 20.5 Å². The van der Waals surface area contributed by atoms with Crippen LogP contribution >= 0.6 is 0 Å². The molecule has 1 amide bonds. The molecule has 29 heavy (non-hydrogen) atoms. The Morgan fingerprint density at radius 2 is 1.79 bits per heavy atom. The maximum atomic E-state index is 12.2. The molecule has 3 aromatic rings. The molecule has 1 aromatic heterocycles. The van der Waals surface area contributed by atoms with Crippen molar-refractivity contribution in [2.45, 2.75) is 25.9 Å². The number of nitrogens with one attached hydrogen (secondary N) is 1. The van der Waals surface area contributed by atoms with Crippen LogP contribution in [-0.2, 0) is 18.4 Å². The van der Waals surface area contributed by atoms with Crippen molar-refractivity contribution < 1.29 is 27.4 Å². The van der Waals surface area contributed by atoms with Crippen molar-refractivity contribution in [2.24, 2.45) is 12.8 Å². The summed E-state index contributed by atoms with van der Waals surface area (Å²) >= 11 is 0. The van der Waals surface area contributed by atoms with Crippen LogP contribution in [-0.4, -0.2) is 27.9 Å². The first-order valence-corrected chi connectivity index (χ1v) is 8.64. The molecule has 154 valence electrons. The third kappa shape index (κ3) is 5.17. The van der Waals surface area contributed by atoms with E-state index >= 15 is 0 Å². The summed E-state index contributed by atoms with van der Waals surface area (Å²) in [5.41, 5.74) is 6.77. The molecule has 3 N–H and O–H groups in total. The third-order valence-electron chi connectivity index (χ3n) is 4.23. The number of nitrogens with two attached hydrogens (primary N) is 1. The summed E-state index contributed by atoms with van der Waals surface area (Å²) in [5, 5.41) is 2.99. The Kier molecular flexibility index (Phi) is 5.64. The van der Waals surface area contributed by atoms with Crippen LogP contribution in [0.2, 0.25) is 0 Å². The summed E-state index contributed by atoms with van der Waals surface area (Å²) in [6.45, 7) is 2.02. The number of hydrogen-bond acceptors (Lipinski definition) is 5. The number of imidazole rings is 1. The zero-order valence-corrected chi connectivity index (χ0v) is 15.7. The highest BCUT2D eigenvalue weighted by atomic mass is 19.4. The lowest BCUT2D eigenvalue weighted by atomic mass is 10.3. The maximum absolute atomic E-state index is 12.2. The minimum absolute atomic E-state index is 0.325. The molecule has 0 aliphatic carbocycles. The van der Waals surface area contributed by atoms with Gasteiger partial charge in [0.05, 0.1) is 23.6 Å². The number of rotatable bonds is 7. The topological polar surface area (TPSA) is 91.4 Å². The van der Waals surface area contributed by atoms with Gasteiger partial charge in [-0.1, -0.05) is 0 Å². The molecule has 0 fully saturated rings. The van der Waals surface area contributed by atoms with E-state index < -0.39 is 18.3 Å². The lowest BCUT2D eigenvalue weighted by molar-refractivity contribution is -0.274. The summed E-state index contributed by atoms with van der Waals surface area (Å²) in [6, 6.07) is 9.88. The van der Waals surface area contributed by atoms with E-state index in [9.17, 15) is 18.0 Å². The number of benzene rings is 2. The van der Waals surface area contributed by atoms with E-state index in [1.807, 2.05) is 11.6 Å². The normalized spacial score (nSPS) is 12.7. The first-order valence-electron chi connectivity index (χ1n) is 8.64. The zero-order valence-electron chi connectivity index (χ0n) is 15.7. The average Bonchev–Trinajstić information content (AvgIpc) is 2.95. The van der Waals surface area contributed by atoms with Crippen molar-refractivity contribution in [3.63, 3.8) is 0 Å². The van der Waals surface area contributed by atoms with Crippen molar-refractivity contribution in [2.75, 3.05) is 0 Å². The zero-order chi connectivity index (χ0) is 21.2. The van der Waals surface area contributed by atoms with Crippen molar-refractivity contribution in [1.29, 1.82) is 0 Å². The molecule has 0 saturated carbocycles. The van der Waals surface area contributed by atoms with Gasteiger partial charge in [-0.15, -0.1) is 13.2 Å². The van der Waals surface area contributed by atoms with Gasteiger partial charge in [0.1, 0.15) is 23.1 Å². The highest BCUT2D eigenvalue weighted by Gasteiger charge is 2.31. The number of aromatic nitrogens is 2. The maximum Gasteiger partial charge on any atom is 0.573 e. The van der Waals surface area contributed by atoms with Crippen molar-refractivity contribution in [1.82, 2.24) is 14.9 Å². The van der Waals surface area contributed by atoms with Gasteiger partial charge in [0, 0.05) is 13.1 Å². The second kappa shape index (κ2) is 8.00. The minimum atomic E-state index is -4.74. The Morgan fingerprint density at radius 3 is 2.41 bits per heavy atom. The summed E-state index contributed by atoms with van der Waals surface area (Å²) in [5.74, 6) is 0.785. The van der Waals surface area contributed by atoms with E-state index in [4.69, 9.17) is 10.5 Å². The van der Waals surface area contributed by atoms with Crippen LogP contribution in [0.25, 0.3) is 11.0 Å². The van der Waals surface area contributed by atoms with Crippen LogP contribution in [0, 0.1) is 0 Å². The van der Waals surface area contributed by atoms with Gasteiger partial charge in [-0.2, -0.15) is 0 Å². The van der Waals surface area contributed by atoms with Gasteiger partial charge in [-0.25, -0.2) is 4.98 Å². The standard InChI is InChI=1S/C19H19F3N4O3/c1-11(18(23)27)24-10-17-25-15-8-7-14(9-16(15)26(17)2)28-12-3-5-13(6-4-12)29-19(20,21)22/h3-9,11,24H,10H2,1-2H3,(H2,23,27)/t11-/m0/s1. The number of alkyl halides is 3. The smallest absolute Gasteiger partial charge is 0.457 e. The molecule has 0 aliphatic rings. The van der Waals surface area contributed by atoms with Crippen LogP contribution in [0.4, 0.5) is 13.2 Å². The van der Waals surface area contributed by atoms with Gasteiger partial charge in [-0.05, 0) is 43.3 Å². The Hall–Kier alpha value is -3.27. The number of primary amides is 1. The predicted molar refractivity (Wildman–Crippen MR) is 99.4 cm³/mol. The number of aryl methyl sites for hydroxylation is 1. The Morgan fingerprint density at radius 1 is 1.17 bits per heavy atom. The Balaban J connectivity index is 1.74. The van der Waals surface area contributed by atoms with E-state index in [0.29, 0.717) is 23.9 Å². The van der Waals surface area contributed by atoms with Crippen LogP contribution in [0.3, 0.4) is 0 Å². The number of hydrogen-bond donors (Lipinski definition) is 2. The molecule has 1 atom stereocenters. The van der Waals surface area contributed by atoms with Gasteiger partial charge in [0.25, 0.3) is 0 Å². The summed E-state index contributed by atoms with van der Waals surface area (Å²) in [6.07, 6.45) is -4.74. The van der Waals surface area contributed by atoms with E-state index in [-0.39, 0.29) is 5.75 Å². The van der Waals surface area contributed by atoms with Crippen LogP contribution in [0.15, 0.2) is 42.5 Å². The number of ether oxygens (including phenoxy) is 2. The lowest BCUT2D eigenvalue weighted by Gasteiger charge is -2.10. The third-order valence-corrected chi connectivity index (χ3v) is 4.23. The summed E-state index contributed by atoms with van der Waals surface area (Å²) in [7, 11) is 1.83. The molecule has 3 rings (SSSR count). The molecule has 1 heterocycles. The van der Waals surface area contributed by atoms with Crippen molar-refractivity contribution in [3.8, 4) is 17.2 Å². The van der Waals surface area contributed by atoms with E-state index in [0.717, 1.165) is 11.0 Å². The number of nitrogens with zero attached hydrogens (tertiary/aromatic N) is 2. The fraction of sp³-hybridized carbons (Fsp3) is 0.263. The van der Waals surface area contributed by atoms with E-state index in [1.165, 1.54) is 24.3 Å². The largest absolute Gasteiger partial charge is 0.573 e. The van der Waals surface area contributed by atoms with E-state index in [1.54, 1.807) is 25.1 Å². The van der Waals surface area contributed by atoms with Gasteiger partial charge in [-0.3, -0.25) is 10.1 Å². The molecule has 0 aliphatic heterocycles.